The Morgan fingerprint density at radius 3 is 2.41 bits per heavy atom. The quantitative estimate of drug-likeness (QED) is 0.445. The molecule has 3 rings (SSSR count). The van der Waals surface area contributed by atoms with Crippen molar-refractivity contribution in [3.63, 3.8) is 0 Å². The summed E-state index contributed by atoms with van der Waals surface area (Å²) in [6.45, 7) is 4.14. The SMILES string of the molecule is COc1ccc(C(=O)CSc2nccn2-c2cc(C)cc(C)c2)cc1OC. The highest BCUT2D eigenvalue weighted by Gasteiger charge is 2.14. The summed E-state index contributed by atoms with van der Waals surface area (Å²) >= 11 is 1.42. The number of hydrogen-bond donors (Lipinski definition) is 0. The second kappa shape index (κ2) is 8.31. The first-order valence-corrected chi connectivity index (χ1v) is 9.50. The van der Waals surface area contributed by atoms with E-state index < -0.39 is 0 Å². The molecule has 0 bridgehead atoms. The average molecular weight is 382 g/mol. The van der Waals surface area contributed by atoms with E-state index in [0.29, 0.717) is 17.1 Å². The lowest BCUT2D eigenvalue weighted by Gasteiger charge is -2.10. The molecule has 5 nitrogen and oxygen atoms in total. The Balaban J connectivity index is 1.76. The molecule has 0 saturated heterocycles. The van der Waals surface area contributed by atoms with Gasteiger partial charge in [0.2, 0.25) is 0 Å². The predicted octanol–water partition coefficient (Wildman–Crippen LogP) is 4.48. The van der Waals surface area contributed by atoms with Crippen LogP contribution in [0, 0.1) is 13.8 Å². The number of imidazole rings is 1. The minimum absolute atomic E-state index is 0.0101. The maximum absolute atomic E-state index is 12.6. The van der Waals surface area contributed by atoms with E-state index in [1.54, 1.807) is 38.6 Å². The van der Waals surface area contributed by atoms with E-state index >= 15 is 0 Å². The van der Waals surface area contributed by atoms with Crippen molar-refractivity contribution in [2.24, 2.45) is 0 Å². The van der Waals surface area contributed by atoms with Gasteiger partial charge in [-0.3, -0.25) is 9.36 Å². The van der Waals surface area contributed by atoms with Crippen LogP contribution in [-0.4, -0.2) is 35.3 Å². The smallest absolute Gasteiger partial charge is 0.173 e. The fourth-order valence-electron chi connectivity index (χ4n) is 2.91. The summed E-state index contributed by atoms with van der Waals surface area (Å²) in [7, 11) is 3.13. The fourth-order valence-corrected chi connectivity index (χ4v) is 3.77. The second-order valence-corrected chi connectivity index (χ2v) is 7.15. The van der Waals surface area contributed by atoms with Gasteiger partial charge in [0.1, 0.15) is 0 Å². The normalized spacial score (nSPS) is 10.7. The third-order valence-corrected chi connectivity index (χ3v) is 5.10. The molecule has 0 spiro atoms. The molecule has 3 aromatic rings. The fraction of sp³-hybridized carbons (Fsp3) is 0.238. The molecule has 0 unspecified atom stereocenters. The maximum Gasteiger partial charge on any atom is 0.173 e. The Hall–Kier alpha value is -2.73. The second-order valence-electron chi connectivity index (χ2n) is 6.21. The van der Waals surface area contributed by atoms with E-state index in [0.717, 1.165) is 10.8 Å². The van der Waals surface area contributed by atoms with Gasteiger partial charge in [0.25, 0.3) is 0 Å². The Bertz CT molecular complexity index is 946. The van der Waals surface area contributed by atoms with Crippen molar-refractivity contribution in [2.75, 3.05) is 20.0 Å². The largest absolute Gasteiger partial charge is 0.493 e. The Morgan fingerprint density at radius 2 is 1.74 bits per heavy atom. The van der Waals surface area contributed by atoms with Crippen LogP contribution in [0.5, 0.6) is 11.5 Å². The summed E-state index contributed by atoms with van der Waals surface area (Å²) in [6, 6.07) is 11.5. The van der Waals surface area contributed by atoms with E-state index in [1.165, 1.54) is 22.9 Å². The number of rotatable bonds is 7. The molecule has 6 heteroatoms. The van der Waals surface area contributed by atoms with Crippen LogP contribution in [0.1, 0.15) is 21.5 Å². The van der Waals surface area contributed by atoms with Gasteiger partial charge in [-0.25, -0.2) is 4.98 Å². The average Bonchev–Trinajstić information content (AvgIpc) is 3.13. The lowest BCUT2D eigenvalue weighted by Crippen LogP contribution is -2.05. The van der Waals surface area contributed by atoms with Crippen LogP contribution in [0.2, 0.25) is 0 Å². The molecule has 0 amide bonds. The van der Waals surface area contributed by atoms with Crippen LogP contribution < -0.4 is 9.47 Å². The monoisotopic (exact) mass is 382 g/mol. The summed E-state index contributed by atoms with van der Waals surface area (Å²) in [5.41, 5.74) is 4.02. The number of aryl methyl sites for hydroxylation is 2. The molecule has 0 radical (unpaired) electrons. The lowest BCUT2D eigenvalue weighted by atomic mass is 10.1. The maximum atomic E-state index is 12.6. The number of aromatic nitrogens is 2. The van der Waals surface area contributed by atoms with E-state index in [4.69, 9.17) is 9.47 Å². The zero-order chi connectivity index (χ0) is 19.4. The van der Waals surface area contributed by atoms with E-state index in [-0.39, 0.29) is 11.5 Å². The first-order chi connectivity index (χ1) is 13.0. The standard InChI is InChI=1S/C21H22N2O3S/c1-14-9-15(2)11-17(10-14)23-8-7-22-21(23)27-13-18(24)16-5-6-19(25-3)20(12-16)26-4/h5-12H,13H2,1-4H3. The number of methoxy groups -OCH3 is 2. The van der Waals surface area contributed by atoms with E-state index in [2.05, 4.69) is 37.0 Å². The molecule has 0 aliphatic rings. The molecular formula is C21H22N2O3S. The number of thioether (sulfide) groups is 1. The summed E-state index contributed by atoms with van der Waals surface area (Å²) in [5.74, 6) is 1.45. The topological polar surface area (TPSA) is 53.3 Å². The molecule has 0 N–H and O–H groups in total. The number of Topliss-reactive ketones (excluding diaryl/α,β-unsaturated/α-hetero) is 1. The van der Waals surface area contributed by atoms with Crippen molar-refractivity contribution in [3.05, 3.63) is 65.5 Å². The van der Waals surface area contributed by atoms with Gasteiger partial charge in [-0.2, -0.15) is 0 Å². The lowest BCUT2D eigenvalue weighted by molar-refractivity contribution is 0.102. The van der Waals surface area contributed by atoms with Crippen molar-refractivity contribution in [1.29, 1.82) is 0 Å². The first-order valence-electron chi connectivity index (χ1n) is 8.52. The Labute approximate surface area is 163 Å². The molecule has 0 fully saturated rings. The van der Waals surface area contributed by atoms with Crippen molar-refractivity contribution in [3.8, 4) is 17.2 Å². The predicted molar refractivity (Wildman–Crippen MR) is 108 cm³/mol. The van der Waals surface area contributed by atoms with Gasteiger partial charge in [-0.15, -0.1) is 0 Å². The molecule has 0 aliphatic carbocycles. The van der Waals surface area contributed by atoms with Gasteiger partial charge >= 0.3 is 0 Å². The summed E-state index contributed by atoms with van der Waals surface area (Å²) in [4.78, 5) is 17.0. The summed E-state index contributed by atoms with van der Waals surface area (Å²) in [5, 5.41) is 0.786. The molecule has 27 heavy (non-hydrogen) atoms. The minimum Gasteiger partial charge on any atom is -0.493 e. The molecule has 0 saturated carbocycles. The van der Waals surface area contributed by atoms with E-state index in [1.807, 2.05) is 10.8 Å². The molecule has 140 valence electrons. The van der Waals surface area contributed by atoms with Crippen molar-refractivity contribution < 1.29 is 14.3 Å². The molecule has 1 aromatic heterocycles. The van der Waals surface area contributed by atoms with Crippen LogP contribution in [0.25, 0.3) is 5.69 Å². The highest BCUT2D eigenvalue weighted by molar-refractivity contribution is 7.99. The van der Waals surface area contributed by atoms with Gasteiger partial charge < -0.3 is 9.47 Å². The van der Waals surface area contributed by atoms with Crippen LogP contribution in [-0.2, 0) is 0 Å². The minimum atomic E-state index is 0.0101. The number of ketones is 1. The zero-order valence-electron chi connectivity index (χ0n) is 15.9. The van der Waals surface area contributed by atoms with Gasteiger partial charge in [0.15, 0.2) is 22.4 Å². The van der Waals surface area contributed by atoms with Gasteiger partial charge in [0.05, 0.1) is 20.0 Å². The summed E-state index contributed by atoms with van der Waals surface area (Å²) in [6.07, 6.45) is 3.66. The highest BCUT2D eigenvalue weighted by atomic mass is 32.2. The van der Waals surface area contributed by atoms with Crippen LogP contribution in [0.15, 0.2) is 53.9 Å². The number of hydrogen-bond acceptors (Lipinski definition) is 5. The van der Waals surface area contributed by atoms with Crippen LogP contribution >= 0.6 is 11.8 Å². The third kappa shape index (κ3) is 4.34. The first kappa shape index (κ1) is 19.0. The number of carbonyl (C=O) groups is 1. The van der Waals surface area contributed by atoms with Gasteiger partial charge in [-0.1, -0.05) is 17.8 Å². The molecular weight excluding hydrogens is 360 g/mol. The number of carbonyl (C=O) groups excluding carboxylic acids is 1. The van der Waals surface area contributed by atoms with Gasteiger partial charge in [-0.05, 0) is 55.3 Å². The highest BCUT2D eigenvalue weighted by Crippen LogP contribution is 2.29. The zero-order valence-corrected chi connectivity index (χ0v) is 16.7. The number of nitrogens with zero attached hydrogens (tertiary/aromatic N) is 2. The molecule has 0 aliphatic heterocycles. The number of benzene rings is 2. The molecule has 2 aromatic carbocycles. The van der Waals surface area contributed by atoms with Crippen LogP contribution in [0.3, 0.4) is 0 Å². The number of ether oxygens (including phenoxy) is 2. The molecule has 0 atom stereocenters. The Morgan fingerprint density at radius 1 is 1.04 bits per heavy atom. The van der Waals surface area contributed by atoms with Crippen molar-refractivity contribution in [1.82, 2.24) is 9.55 Å². The van der Waals surface area contributed by atoms with Crippen molar-refractivity contribution >= 4 is 17.5 Å². The molecule has 1 heterocycles. The summed E-state index contributed by atoms with van der Waals surface area (Å²) < 4.78 is 12.5. The van der Waals surface area contributed by atoms with Crippen LogP contribution in [0.4, 0.5) is 0 Å². The van der Waals surface area contributed by atoms with Gasteiger partial charge in [0, 0.05) is 23.6 Å². The van der Waals surface area contributed by atoms with E-state index in [9.17, 15) is 4.79 Å². The third-order valence-electron chi connectivity index (χ3n) is 4.13. The van der Waals surface area contributed by atoms with Crippen molar-refractivity contribution in [2.45, 2.75) is 19.0 Å². The Kier molecular flexibility index (Phi) is 5.86.